The van der Waals surface area contributed by atoms with Crippen molar-refractivity contribution in [1.29, 1.82) is 0 Å². The number of amides is 1. The van der Waals surface area contributed by atoms with E-state index < -0.39 is 10.0 Å². The maximum Gasteiger partial charge on any atom is 0.260 e. The molecular weight excluding hydrogens is 484 g/mol. The van der Waals surface area contributed by atoms with Crippen molar-refractivity contribution in [1.82, 2.24) is 14.2 Å². The Morgan fingerprint density at radius 1 is 1.00 bits per heavy atom. The molecule has 190 valence electrons. The summed E-state index contributed by atoms with van der Waals surface area (Å²) >= 11 is 1.43. The van der Waals surface area contributed by atoms with Gasteiger partial charge in [-0.1, -0.05) is 24.7 Å². The van der Waals surface area contributed by atoms with E-state index in [9.17, 15) is 13.2 Å². The van der Waals surface area contributed by atoms with Crippen LogP contribution in [-0.4, -0.2) is 76.4 Å². The number of methoxy groups -OCH3 is 1. The third-order valence-electron chi connectivity index (χ3n) is 5.68. The monoisotopic (exact) mass is 518 g/mol. The second-order valence-electron chi connectivity index (χ2n) is 8.65. The van der Waals surface area contributed by atoms with Gasteiger partial charge in [0.15, 0.2) is 5.13 Å². The molecule has 2 aromatic carbocycles. The molecule has 0 radical (unpaired) electrons. The molecule has 0 aliphatic heterocycles. The molecule has 10 heteroatoms. The lowest BCUT2D eigenvalue weighted by molar-refractivity contribution is 0.0986. The number of benzene rings is 2. The lowest BCUT2D eigenvalue weighted by Crippen LogP contribution is -2.33. The number of hydrogen-bond donors (Lipinski definition) is 0. The Hall–Kier alpha value is -2.53. The van der Waals surface area contributed by atoms with Crippen LogP contribution in [0.25, 0.3) is 10.2 Å². The van der Waals surface area contributed by atoms with Crippen molar-refractivity contribution in [3.8, 4) is 5.75 Å². The number of unbranched alkanes of at least 4 members (excludes halogenated alkanes) is 1. The third-order valence-corrected chi connectivity index (χ3v) is 8.60. The Balaban J connectivity index is 1.88. The quantitative estimate of drug-likeness (QED) is 0.355. The summed E-state index contributed by atoms with van der Waals surface area (Å²) in [4.78, 5) is 22.2. The highest BCUT2D eigenvalue weighted by Crippen LogP contribution is 2.32. The van der Waals surface area contributed by atoms with Crippen molar-refractivity contribution in [2.24, 2.45) is 0 Å². The molecule has 1 aromatic heterocycles. The minimum atomic E-state index is -3.59. The van der Waals surface area contributed by atoms with Gasteiger partial charge in [0, 0.05) is 25.7 Å². The summed E-state index contributed by atoms with van der Waals surface area (Å²) in [6, 6.07) is 11.8. The van der Waals surface area contributed by atoms with Gasteiger partial charge in [-0.3, -0.25) is 9.69 Å². The van der Waals surface area contributed by atoms with E-state index in [4.69, 9.17) is 9.72 Å². The van der Waals surface area contributed by atoms with E-state index in [1.54, 1.807) is 31.2 Å². The first-order valence-electron chi connectivity index (χ1n) is 11.6. The molecule has 0 bridgehead atoms. The number of rotatable bonds is 12. The zero-order chi connectivity index (χ0) is 25.6. The number of carbonyl (C=O) groups is 1. The number of aromatic nitrogens is 1. The fourth-order valence-corrected chi connectivity index (χ4v) is 5.80. The first kappa shape index (κ1) is 27.1. The molecule has 0 saturated carbocycles. The van der Waals surface area contributed by atoms with Crippen LogP contribution in [0.15, 0.2) is 47.4 Å². The highest BCUT2D eigenvalue weighted by atomic mass is 32.2. The van der Waals surface area contributed by atoms with E-state index in [2.05, 4.69) is 4.90 Å². The summed E-state index contributed by atoms with van der Waals surface area (Å²) in [5, 5.41) is 0.605. The molecule has 0 aliphatic carbocycles. The van der Waals surface area contributed by atoms with Crippen molar-refractivity contribution < 1.29 is 17.9 Å². The Labute approximate surface area is 212 Å². The zero-order valence-corrected chi connectivity index (χ0v) is 22.7. The smallest absolute Gasteiger partial charge is 0.260 e. The van der Waals surface area contributed by atoms with Crippen LogP contribution in [0.4, 0.5) is 5.13 Å². The third kappa shape index (κ3) is 6.58. The predicted molar refractivity (Wildman–Crippen MR) is 142 cm³/mol. The summed E-state index contributed by atoms with van der Waals surface area (Å²) in [5.41, 5.74) is 1.22. The molecule has 0 spiro atoms. The lowest BCUT2D eigenvalue weighted by Gasteiger charge is -2.21. The largest absolute Gasteiger partial charge is 0.497 e. The van der Waals surface area contributed by atoms with Gasteiger partial charge in [-0.2, -0.15) is 0 Å². The van der Waals surface area contributed by atoms with Crippen LogP contribution in [0.3, 0.4) is 0 Å². The number of thiazole rings is 1. The van der Waals surface area contributed by atoms with E-state index in [1.165, 1.54) is 27.8 Å². The molecule has 35 heavy (non-hydrogen) atoms. The number of fused-ring (bicyclic) bond motifs is 1. The molecular formula is C25H34N4O4S2. The number of nitrogens with zero attached hydrogens (tertiary/aromatic N) is 4. The second-order valence-corrected chi connectivity index (χ2v) is 11.7. The van der Waals surface area contributed by atoms with Gasteiger partial charge in [-0.15, -0.1) is 0 Å². The number of sulfonamides is 1. The van der Waals surface area contributed by atoms with Crippen LogP contribution in [0.1, 0.15) is 36.5 Å². The van der Waals surface area contributed by atoms with E-state index in [0.717, 1.165) is 41.8 Å². The van der Waals surface area contributed by atoms with Gasteiger partial charge < -0.3 is 9.64 Å². The van der Waals surface area contributed by atoms with Crippen molar-refractivity contribution in [3.05, 3.63) is 48.0 Å². The summed E-state index contributed by atoms with van der Waals surface area (Å²) < 4.78 is 33.3. The van der Waals surface area contributed by atoms with Crippen LogP contribution in [-0.2, 0) is 10.0 Å². The van der Waals surface area contributed by atoms with Crippen molar-refractivity contribution >= 4 is 42.6 Å². The maximum absolute atomic E-state index is 13.6. The average molecular weight is 519 g/mol. The highest BCUT2D eigenvalue weighted by molar-refractivity contribution is 7.89. The van der Waals surface area contributed by atoms with E-state index in [-0.39, 0.29) is 10.8 Å². The van der Waals surface area contributed by atoms with Crippen LogP contribution < -0.4 is 9.64 Å². The van der Waals surface area contributed by atoms with Gasteiger partial charge in [0.25, 0.3) is 5.91 Å². The molecule has 1 heterocycles. The van der Waals surface area contributed by atoms with E-state index >= 15 is 0 Å². The Morgan fingerprint density at radius 2 is 1.71 bits per heavy atom. The molecule has 0 atom stereocenters. The molecule has 3 rings (SSSR count). The Bertz CT molecular complexity index is 1240. The molecule has 0 unspecified atom stereocenters. The van der Waals surface area contributed by atoms with Gasteiger partial charge in [0.05, 0.1) is 22.2 Å². The first-order valence-corrected chi connectivity index (χ1v) is 13.9. The Morgan fingerprint density at radius 3 is 2.34 bits per heavy atom. The van der Waals surface area contributed by atoms with Crippen molar-refractivity contribution in [2.75, 3.05) is 52.8 Å². The van der Waals surface area contributed by atoms with Crippen molar-refractivity contribution in [3.63, 3.8) is 0 Å². The SMILES string of the molecule is CCCCN(C)S(=O)(=O)c1ccc(C(=O)N(CCCN(C)C)c2nc3ccc(OC)cc3s2)cc1. The van der Waals surface area contributed by atoms with Gasteiger partial charge in [-0.05, 0) is 75.9 Å². The normalized spacial score (nSPS) is 12.0. The van der Waals surface area contributed by atoms with E-state index in [1.807, 2.05) is 39.2 Å². The standard InChI is InChI=1S/C25H34N4O4S2/c1-6-7-16-28(4)35(31,32)21-12-9-19(10-13-21)24(30)29(17-8-15-27(2)3)25-26-22-14-11-20(33-5)18-23(22)34-25/h9-14,18H,6-8,15-17H2,1-5H3. The van der Waals surface area contributed by atoms with E-state index in [0.29, 0.717) is 23.8 Å². The van der Waals surface area contributed by atoms with Gasteiger partial charge in [0.2, 0.25) is 10.0 Å². The number of hydrogen-bond acceptors (Lipinski definition) is 7. The summed E-state index contributed by atoms with van der Waals surface area (Å²) in [6.45, 7) is 3.80. The molecule has 8 nitrogen and oxygen atoms in total. The van der Waals surface area contributed by atoms with Gasteiger partial charge in [0.1, 0.15) is 5.75 Å². The fraction of sp³-hybridized carbons (Fsp3) is 0.440. The summed E-state index contributed by atoms with van der Waals surface area (Å²) in [7, 11) is 3.59. The fourth-order valence-electron chi connectivity index (χ4n) is 3.57. The Kier molecular flexibility index (Phi) is 9.23. The minimum Gasteiger partial charge on any atom is -0.497 e. The van der Waals surface area contributed by atoms with Crippen LogP contribution in [0, 0.1) is 0 Å². The topological polar surface area (TPSA) is 83.1 Å². The zero-order valence-electron chi connectivity index (χ0n) is 21.0. The second kappa shape index (κ2) is 11.9. The maximum atomic E-state index is 13.6. The van der Waals surface area contributed by atoms with Crippen LogP contribution in [0.5, 0.6) is 5.75 Å². The summed E-state index contributed by atoms with van der Waals surface area (Å²) in [6.07, 6.45) is 2.48. The minimum absolute atomic E-state index is 0.180. The van der Waals surface area contributed by atoms with Gasteiger partial charge >= 0.3 is 0 Å². The number of ether oxygens (including phenoxy) is 1. The molecule has 1 amide bonds. The summed E-state index contributed by atoms with van der Waals surface area (Å²) in [5.74, 6) is 0.525. The lowest BCUT2D eigenvalue weighted by atomic mass is 10.2. The van der Waals surface area contributed by atoms with Crippen LogP contribution >= 0.6 is 11.3 Å². The number of anilines is 1. The molecule has 0 fully saturated rings. The molecule has 0 aliphatic rings. The van der Waals surface area contributed by atoms with Crippen LogP contribution in [0.2, 0.25) is 0 Å². The van der Waals surface area contributed by atoms with Gasteiger partial charge in [-0.25, -0.2) is 17.7 Å². The first-order chi connectivity index (χ1) is 16.7. The molecule has 0 N–H and O–H groups in total. The van der Waals surface area contributed by atoms with Crippen molar-refractivity contribution in [2.45, 2.75) is 31.1 Å². The number of carbonyl (C=O) groups excluding carboxylic acids is 1. The average Bonchev–Trinajstić information content (AvgIpc) is 3.27. The molecule has 3 aromatic rings. The highest BCUT2D eigenvalue weighted by Gasteiger charge is 2.24. The molecule has 0 saturated heterocycles. The predicted octanol–water partition coefficient (Wildman–Crippen LogP) is 4.32.